The fourth-order valence-corrected chi connectivity index (χ4v) is 6.55. The van der Waals surface area contributed by atoms with Crippen LogP contribution < -0.4 is 10.9 Å². The number of nitrogens with one attached hydrogen (secondary N) is 2. The molecule has 1 aliphatic carbocycles. The molecule has 0 atom stereocenters. The van der Waals surface area contributed by atoms with E-state index >= 15 is 0 Å². The van der Waals surface area contributed by atoms with Gasteiger partial charge in [-0.15, -0.1) is 23.5 Å². The number of fused-ring (bicyclic) bond motifs is 1. The summed E-state index contributed by atoms with van der Waals surface area (Å²) in [6.45, 7) is 4.00. The number of ketones is 1. The third kappa shape index (κ3) is 3.91. The van der Waals surface area contributed by atoms with Crippen LogP contribution in [-0.4, -0.2) is 28.2 Å². The van der Waals surface area contributed by atoms with Gasteiger partial charge in [0.2, 0.25) is 0 Å². The highest BCUT2D eigenvalue weighted by molar-refractivity contribution is 8.19. The van der Waals surface area contributed by atoms with Gasteiger partial charge < -0.3 is 10.3 Å². The summed E-state index contributed by atoms with van der Waals surface area (Å²) >= 11 is 3.79. The molecule has 2 aromatic rings. The molecule has 2 heterocycles. The van der Waals surface area contributed by atoms with Crippen LogP contribution in [-0.2, 0) is 6.42 Å². The second-order valence-electron chi connectivity index (χ2n) is 8.00. The smallest absolute Gasteiger partial charge is 0.261 e. The maximum atomic E-state index is 12.7. The Morgan fingerprint density at radius 3 is 2.64 bits per heavy atom. The Bertz CT molecular complexity index is 1010. The fraction of sp³-hybridized carbons (Fsp3) is 0.381. The van der Waals surface area contributed by atoms with Crippen molar-refractivity contribution in [1.29, 1.82) is 0 Å². The minimum Gasteiger partial charge on any atom is -0.325 e. The molecule has 2 aliphatic rings. The van der Waals surface area contributed by atoms with Crippen molar-refractivity contribution in [3.8, 4) is 0 Å². The number of aromatic nitrogens is 1. The summed E-state index contributed by atoms with van der Waals surface area (Å²) in [5, 5.41) is 2.81. The number of anilines is 1. The van der Waals surface area contributed by atoms with Crippen LogP contribution in [0.15, 0.2) is 35.1 Å². The molecule has 7 heteroatoms. The highest BCUT2D eigenvalue weighted by Crippen LogP contribution is 2.45. The van der Waals surface area contributed by atoms with Gasteiger partial charge in [0.15, 0.2) is 5.78 Å². The van der Waals surface area contributed by atoms with Crippen LogP contribution >= 0.6 is 23.5 Å². The molecule has 146 valence electrons. The lowest BCUT2D eigenvalue weighted by atomic mass is 9.75. The molecule has 1 amide bonds. The lowest BCUT2D eigenvalue weighted by Gasteiger charge is -2.29. The monoisotopic (exact) mass is 414 g/mol. The summed E-state index contributed by atoms with van der Waals surface area (Å²) in [7, 11) is 0. The van der Waals surface area contributed by atoms with E-state index in [0.29, 0.717) is 34.4 Å². The van der Waals surface area contributed by atoms with Crippen molar-refractivity contribution in [2.24, 2.45) is 5.41 Å². The summed E-state index contributed by atoms with van der Waals surface area (Å²) in [5.41, 5.74) is 2.22. The number of amides is 1. The summed E-state index contributed by atoms with van der Waals surface area (Å²) in [6.07, 6.45) is 1.02. The molecule has 1 aliphatic heterocycles. The number of benzene rings is 1. The quantitative estimate of drug-likeness (QED) is 0.784. The van der Waals surface area contributed by atoms with Gasteiger partial charge in [0.05, 0.1) is 4.58 Å². The molecule has 5 nitrogen and oxygen atoms in total. The van der Waals surface area contributed by atoms with E-state index in [9.17, 15) is 14.4 Å². The topological polar surface area (TPSA) is 79.0 Å². The van der Waals surface area contributed by atoms with Crippen LogP contribution in [0.25, 0.3) is 0 Å². The number of aromatic amines is 1. The number of Topliss-reactive ketones (excluding diaryl/α,β-unsaturated/α-hetero) is 1. The number of thioether (sulfide) groups is 2. The number of pyridine rings is 1. The Balaban J connectivity index is 1.59. The first-order valence-electron chi connectivity index (χ1n) is 9.26. The van der Waals surface area contributed by atoms with Gasteiger partial charge in [0, 0.05) is 34.9 Å². The zero-order valence-corrected chi connectivity index (χ0v) is 17.5. The van der Waals surface area contributed by atoms with E-state index < -0.39 is 11.5 Å². The molecule has 0 bridgehead atoms. The molecule has 0 unspecified atom stereocenters. The van der Waals surface area contributed by atoms with Crippen LogP contribution in [0.3, 0.4) is 0 Å². The highest BCUT2D eigenvalue weighted by Gasteiger charge is 2.32. The first-order valence-corrected chi connectivity index (χ1v) is 11.4. The van der Waals surface area contributed by atoms with E-state index in [4.69, 9.17) is 0 Å². The second kappa shape index (κ2) is 7.44. The molecule has 2 N–H and O–H groups in total. The predicted octanol–water partition coefficient (Wildman–Crippen LogP) is 4.26. The Morgan fingerprint density at radius 2 is 1.89 bits per heavy atom. The van der Waals surface area contributed by atoms with Crippen LogP contribution in [0.2, 0.25) is 0 Å². The number of carbonyl (C=O) groups is 2. The summed E-state index contributed by atoms with van der Waals surface area (Å²) < 4.78 is 0.380. The Hall–Kier alpha value is -1.99. The van der Waals surface area contributed by atoms with Crippen LogP contribution in [0, 0.1) is 5.41 Å². The summed E-state index contributed by atoms with van der Waals surface area (Å²) in [6, 6.07) is 9.18. The van der Waals surface area contributed by atoms with Gasteiger partial charge in [0.25, 0.3) is 11.5 Å². The predicted molar refractivity (Wildman–Crippen MR) is 116 cm³/mol. The molecule has 1 fully saturated rings. The van der Waals surface area contributed by atoms with E-state index in [1.807, 2.05) is 55.6 Å². The molecule has 0 spiro atoms. The molecule has 4 rings (SSSR count). The molecule has 28 heavy (non-hydrogen) atoms. The lowest BCUT2D eigenvalue weighted by molar-refractivity contribution is 0.0910. The standard InChI is InChI=1S/C21H22N2O3S2/c1-21(2)10-16-14(17(24)11-21)9-15(19(26)23-16)18(25)22-13-5-3-4-12(8-13)20-27-6-7-28-20/h3-5,8-9,20H,6-7,10-11H2,1-2H3,(H,22,25)(H,23,26). The average molecular weight is 415 g/mol. The molecule has 1 aromatic carbocycles. The second-order valence-corrected chi connectivity index (χ2v) is 10.7. The lowest BCUT2D eigenvalue weighted by Crippen LogP contribution is -2.32. The van der Waals surface area contributed by atoms with Crippen molar-refractivity contribution in [2.45, 2.75) is 31.3 Å². The van der Waals surface area contributed by atoms with Crippen LogP contribution in [0.4, 0.5) is 5.69 Å². The van der Waals surface area contributed by atoms with Gasteiger partial charge >= 0.3 is 0 Å². The third-order valence-corrected chi connectivity index (χ3v) is 8.11. The summed E-state index contributed by atoms with van der Waals surface area (Å²) in [4.78, 5) is 40.5. The first kappa shape index (κ1) is 19.3. The SMILES string of the molecule is CC1(C)CC(=O)c2cc(C(=O)Nc3cccc(C4SCCS4)c3)c(=O)[nH]c2C1. The molecule has 1 aromatic heterocycles. The van der Waals surface area contributed by atoms with E-state index in [-0.39, 0.29) is 16.8 Å². The fourth-order valence-electron chi connectivity index (χ4n) is 3.71. The number of rotatable bonds is 3. The maximum absolute atomic E-state index is 12.7. The molecule has 1 saturated heterocycles. The van der Waals surface area contributed by atoms with Crippen molar-refractivity contribution < 1.29 is 9.59 Å². The van der Waals surface area contributed by atoms with Crippen molar-refractivity contribution in [3.05, 3.63) is 63.1 Å². The van der Waals surface area contributed by atoms with E-state index in [2.05, 4.69) is 16.4 Å². The van der Waals surface area contributed by atoms with E-state index in [0.717, 1.165) is 17.1 Å². The van der Waals surface area contributed by atoms with Crippen molar-refractivity contribution in [1.82, 2.24) is 4.98 Å². The van der Waals surface area contributed by atoms with Crippen molar-refractivity contribution in [3.63, 3.8) is 0 Å². The Kier molecular flexibility index (Phi) is 5.14. The van der Waals surface area contributed by atoms with Gasteiger partial charge in [-0.05, 0) is 35.6 Å². The first-order chi connectivity index (χ1) is 13.3. The Labute approximate surface area is 172 Å². The van der Waals surface area contributed by atoms with Crippen molar-refractivity contribution >= 4 is 40.9 Å². The van der Waals surface area contributed by atoms with E-state index in [1.165, 1.54) is 6.07 Å². The highest BCUT2D eigenvalue weighted by atomic mass is 32.2. The minimum atomic E-state index is -0.495. The van der Waals surface area contributed by atoms with Crippen molar-refractivity contribution in [2.75, 3.05) is 16.8 Å². The van der Waals surface area contributed by atoms with Crippen LogP contribution in [0.1, 0.15) is 56.8 Å². The van der Waals surface area contributed by atoms with Gasteiger partial charge in [0.1, 0.15) is 5.56 Å². The number of carbonyl (C=O) groups excluding carboxylic acids is 2. The number of H-pyrrole nitrogens is 1. The molecular weight excluding hydrogens is 392 g/mol. The average Bonchev–Trinajstić information content (AvgIpc) is 3.15. The zero-order valence-electron chi connectivity index (χ0n) is 15.8. The number of hydrogen-bond acceptors (Lipinski definition) is 5. The number of hydrogen-bond donors (Lipinski definition) is 2. The minimum absolute atomic E-state index is 0.0261. The van der Waals surface area contributed by atoms with Gasteiger partial charge in [-0.3, -0.25) is 14.4 Å². The van der Waals surface area contributed by atoms with Gasteiger partial charge in [-0.25, -0.2) is 0 Å². The molecular formula is C21H22N2O3S2. The largest absolute Gasteiger partial charge is 0.325 e. The Morgan fingerprint density at radius 1 is 1.14 bits per heavy atom. The molecule has 0 saturated carbocycles. The third-order valence-electron chi connectivity index (χ3n) is 5.00. The normalized spacial score (nSPS) is 18.7. The van der Waals surface area contributed by atoms with E-state index in [1.54, 1.807) is 0 Å². The van der Waals surface area contributed by atoms with Gasteiger partial charge in [-0.2, -0.15) is 0 Å². The summed E-state index contributed by atoms with van der Waals surface area (Å²) in [5.74, 6) is 1.72. The zero-order chi connectivity index (χ0) is 19.9. The molecule has 0 radical (unpaired) electrons. The maximum Gasteiger partial charge on any atom is 0.261 e. The van der Waals surface area contributed by atoms with Crippen LogP contribution in [0.5, 0.6) is 0 Å². The van der Waals surface area contributed by atoms with Gasteiger partial charge in [-0.1, -0.05) is 26.0 Å².